The van der Waals surface area contributed by atoms with Crippen LogP contribution >= 0.6 is 0 Å². The van der Waals surface area contributed by atoms with E-state index in [-0.39, 0.29) is 11.8 Å². The first-order valence-electron chi connectivity index (χ1n) is 8.92. The SMILES string of the molecule is O=C(Cc1cc[nH]c1)N1CCCN(C(=O)c2ccc3[nH]c(=O)oc3c2)CC1. The maximum Gasteiger partial charge on any atom is 0.417 e. The average molecular weight is 368 g/mol. The van der Waals surface area contributed by atoms with Gasteiger partial charge in [-0.1, -0.05) is 0 Å². The van der Waals surface area contributed by atoms with Crippen molar-refractivity contribution in [3.63, 3.8) is 0 Å². The third kappa shape index (κ3) is 3.64. The van der Waals surface area contributed by atoms with Crippen molar-refractivity contribution in [1.82, 2.24) is 19.8 Å². The highest BCUT2D eigenvalue weighted by atomic mass is 16.4. The van der Waals surface area contributed by atoms with Crippen LogP contribution in [0.4, 0.5) is 0 Å². The van der Waals surface area contributed by atoms with Crippen molar-refractivity contribution in [3.8, 4) is 0 Å². The van der Waals surface area contributed by atoms with E-state index in [1.54, 1.807) is 29.3 Å². The Morgan fingerprint density at radius 1 is 1.07 bits per heavy atom. The lowest BCUT2D eigenvalue weighted by Gasteiger charge is -2.22. The van der Waals surface area contributed by atoms with Gasteiger partial charge in [-0.2, -0.15) is 0 Å². The van der Waals surface area contributed by atoms with Gasteiger partial charge in [0.15, 0.2) is 5.58 Å². The van der Waals surface area contributed by atoms with Gasteiger partial charge in [0, 0.05) is 44.1 Å². The molecule has 1 saturated heterocycles. The van der Waals surface area contributed by atoms with Crippen molar-refractivity contribution in [2.45, 2.75) is 12.8 Å². The molecule has 0 atom stereocenters. The number of amides is 2. The molecule has 8 heteroatoms. The molecule has 1 fully saturated rings. The monoisotopic (exact) mass is 368 g/mol. The molecule has 0 spiro atoms. The fraction of sp³-hybridized carbons (Fsp3) is 0.316. The quantitative estimate of drug-likeness (QED) is 0.729. The molecule has 0 bridgehead atoms. The lowest BCUT2D eigenvalue weighted by molar-refractivity contribution is -0.130. The Labute approximate surface area is 154 Å². The van der Waals surface area contributed by atoms with Gasteiger partial charge >= 0.3 is 5.76 Å². The normalized spacial score (nSPS) is 15.1. The first kappa shape index (κ1) is 17.1. The van der Waals surface area contributed by atoms with Gasteiger partial charge in [-0.15, -0.1) is 0 Å². The van der Waals surface area contributed by atoms with Crippen molar-refractivity contribution in [2.75, 3.05) is 26.2 Å². The Bertz CT molecular complexity index is 1020. The molecule has 4 rings (SSSR count). The molecule has 2 aromatic heterocycles. The molecule has 0 unspecified atom stereocenters. The molecule has 0 radical (unpaired) electrons. The number of nitrogens with zero attached hydrogens (tertiary/aromatic N) is 2. The van der Waals surface area contributed by atoms with Gasteiger partial charge in [0.1, 0.15) is 0 Å². The first-order valence-corrected chi connectivity index (χ1v) is 8.92. The van der Waals surface area contributed by atoms with Crippen LogP contribution in [0, 0.1) is 0 Å². The minimum absolute atomic E-state index is 0.0689. The average Bonchev–Trinajstić information content (AvgIpc) is 3.21. The number of hydrogen-bond acceptors (Lipinski definition) is 4. The van der Waals surface area contributed by atoms with Crippen LogP contribution in [0.15, 0.2) is 45.9 Å². The van der Waals surface area contributed by atoms with E-state index in [0.29, 0.717) is 49.3 Å². The molecule has 8 nitrogen and oxygen atoms in total. The van der Waals surface area contributed by atoms with Gasteiger partial charge in [-0.25, -0.2) is 4.79 Å². The third-order valence-corrected chi connectivity index (χ3v) is 4.82. The lowest BCUT2D eigenvalue weighted by Crippen LogP contribution is -2.37. The highest BCUT2D eigenvalue weighted by Crippen LogP contribution is 2.16. The van der Waals surface area contributed by atoms with Gasteiger partial charge < -0.3 is 19.2 Å². The second-order valence-electron chi connectivity index (χ2n) is 6.65. The number of aromatic amines is 2. The molecule has 1 aliphatic rings. The molecule has 3 heterocycles. The van der Waals surface area contributed by atoms with Crippen molar-refractivity contribution in [3.05, 3.63) is 58.3 Å². The number of rotatable bonds is 3. The maximum atomic E-state index is 12.8. The van der Waals surface area contributed by atoms with E-state index in [9.17, 15) is 14.4 Å². The van der Waals surface area contributed by atoms with Gasteiger partial charge in [0.05, 0.1) is 11.9 Å². The summed E-state index contributed by atoms with van der Waals surface area (Å²) in [6, 6.07) is 6.81. The van der Waals surface area contributed by atoms with Crippen molar-refractivity contribution in [1.29, 1.82) is 0 Å². The number of H-pyrrole nitrogens is 2. The zero-order valence-electron chi connectivity index (χ0n) is 14.7. The van der Waals surface area contributed by atoms with Gasteiger partial charge in [0.25, 0.3) is 5.91 Å². The van der Waals surface area contributed by atoms with Crippen LogP contribution in [0.1, 0.15) is 22.3 Å². The fourth-order valence-electron chi connectivity index (χ4n) is 3.39. The lowest BCUT2D eigenvalue weighted by atomic mass is 10.1. The number of nitrogens with one attached hydrogen (secondary N) is 2. The number of carbonyl (C=O) groups excluding carboxylic acids is 2. The van der Waals surface area contributed by atoms with E-state index in [0.717, 1.165) is 12.0 Å². The molecule has 1 aliphatic heterocycles. The van der Waals surface area contributed by atoms with Crippen LogP contribution in [0.2, 0.25) is 0 Å². The van der Waals surface area contributed by atoms with Crippen molar-refractivity contribution >= 4 is 22.9 Å². The number of carbonyl (C=O) groups is 2. The highest BCUT2D eigenvalue weighted by Gasteiger charge is 2.23. The van der Waals surface area contributed by atoms with E-state index in [2.05, 4.69) is 9.97 Å². The van der Waals surface area contributed by atoms with E-state index in [1.165, 1.54) is 0 Å². The maximum absolute atomic E-state index is 12.8. The number of oxazole rings is 1. The summed E-state index contributed by atoms with van der Waals surface area (Å²) in [6.07, 6.45) is 4.71. The van der Waals surface area contributed by atoms with Crippen LogP contribution in [0.5, 0.6) is 0 Å². The zero-order chi connectivity index (χ0) is 18.8. The van der Waals surface area contributed by atoms with Crippen molar-refractivity contribution in [2.24, 2.45) is 0 Å². The summed E-state index contributed by atoms with van der Waals surface area (Å²) < 4.78 is 5.03. The molecule has 2 N–H and O–H groups in total. The van der Waals surface area contributed by atoms with Crippen LogP contribution in [-0.4, -0.2) is 57.8 Å². The molecule has 27 heavy (non-hydrogen) atoms. The number of aromatic nitrogens is 2. The first-order chi connectivity index (χ1) is 13.1. The minimum Gasteiger partial charge on any atom is -0.408 e. The Hall–Kier alpha value is -3.29. The van der Waals surface area contributed by atoms with Crippen LogP contribution in [-0.2, 0) is 11.2 Å². The largest absolute Gasteiger partial charge is 0.417 e. The summed E-state index contributed by atoms with van der Waals surface area (Å²) in [5.74, 6) is -0.596. The van der Waals surface area contributed by atoms with Gasteiger partial charge in [-0.05, 0) is 36.2 Å². The van der Waals surface area contributed by atoms with E-state index >= 15 is 0 Å². The Morgan fingerprint density at radius 2 is 1.89 bits per heavy atom. The predicted molar refractivity (Wildman–Crippen MR) is 98.4 cm³/mol. The van der Waals surface area contributed by atoms with E-state index in [1.807, 2.05) is 17.2 Å². The third-order valence-electron chi connectivity index (χ3n) is 4.82. The molecule has 2 amide bonds. The smallest absolute Gasteiger partial charge is 0.408 e. The second kappa shape index (κ2) is 7.14. The molecular formula is C19H20N4O4. The van der Waals surface area contributed by atoms with E-state index in [4.69, 9.17) is 4.42 Å². The summed E-state index contributed by atoms with van der Waals surface area (Å²) in [5.41, 5.74) is 2.36. The summed E-state index contributed by atoms with van der Waals surface area (Å²) in [6.45, 7) is 2.21. The van der Waals surface area contributed by atoms with Crippen LogP contribution in [0.25, 0.3) is 11.1 Å². The second-order valence-corrected chi connectivity index (χ2v) is 6.65. The molecule has 140 valence electrons. The Morgan fingerprint density at radius 3 is 2.70 bits per heavy atom. The Balaban J connectivity index is 1.42. The van der Waals surface area contributed by atoms with Crippen LogP contribution in [0.3, 0.4) is 0 Å². The molecular weight excluding hydrogens is 348 g/mol. The summed E-state index contributed by atoms with van der Waals surface area (Å²) in [7, 11) is 0. The summed E-state index contributed by atoms with van der Waals surface area (Å²) in [4.78, 5) is 45.6. The predicted octanol–water partition coefficient (Wildman–Crippen LogP) is 1.37. The molecule has 1 aromatic carbocycles. The molecule has 0 aliphatic carbocycles. The summed E-state index contributed by atoms with van der Waals surface area (Å²) in [5, 5.41) is 0. The van der Waals surface area contributed by atoms with Gasteiger partial charge in [0.2, 0.25) is 5.91 Å². The number of benzene rings is 1. The summed E-state index contributed by atoms with van der Waals surface area (Å²) >= 11 is 0. The standard InChI is InChI=1S/C19H20N4O4/c24-17(10-13-4-5-20-12-13)22-6-1-7-23(9-8-22)18(25)14-2-3-15-16(11-14)27-19(26)21-15/h2-5,11-12,20H,1,6-10H2,(H,21,26). The topological polar surface area (TPSA) is 102 Å². The van der Waals surface area contributed by atoms with Crippen LogP contribution < -0.4 is 5.76 Å². The zero-order valence-corrected chi connectivity index (χ0v) is 14.7. The number of fused-ring (bicyclic) bond motifs is 1. The Kier molecular flexibility index (Phi) is 4.53. The molecule has 3 aromatic rings. The van der Waals surface area contributed by atoms with Gasteiger partial charge in [-0.3, -0.25) is 14.6 Å². The number of hydrogen-bond donors (Lipinski definition) is 2. The van der Waals surface area contributed by atoms with Crippen molar-refractivity contribution < 1.29 is 14.0 Å². The highest BCUT2D eigenvalue weighted by molar-refractivity contribution is 5.97. The molecule has 0 saturated carbocycles. The van der Waals surface area contributed by atoms with E-state index < -0.39 is 5.76 Å². The minimum atomic E-state index is -0.541. The fourth-order valence-corrected chi connectivity index (χ4v) is 3.39.